The van der Waals surface area contributed by atoms with E-state index in [4.69, 9.17) is 0 Å². The molecule has 0 aliphatic heterocycles. The molecule has 1 aromatic heterocycles. The van der Waals surface area contributed by atoms with Crippen molar-refractivity contribution in [1.29, 1.82) is 0 Å². The maximum absolute atomic E-state index is 2.43. The van der Waals surface area contributed by atoms with Crippen LogP contribution in [0.5, 0.6) is 0 Å². The zero-order valence-electron chi connectivity index (χ0n) is 28.4. The third-order valence-electron chi connectivity index (χ3n) is 10.2. The van der Waals surface area contributed by atoms with Crippen molar-refractivity contribution >= 4 is 70.1 Å². The molecule has 0 spiro atoms. The van der Waals surface area contributed by atoms with Crippen LogP contribution in [-0.2, 0) is 0 Å². The predicted octanol–water partition coefficient (Wildman–Crippen LogP) is 14.8. The second kappa shape index (κ2) is 12.7. The lowest BCUT2D eigenvalue weighted by molar-refractivity contribution is 1.30. The van der Waals surface area contributed by atoms with Gasteiger partial charge in [0.1, 0.15) is 0 Å². The molecule has 0 aliphatic carbocycles. The Labute approximate surface area is 307 Å². The minimum Gasteiger partial charge on any atom is -0.309 e. The van der Waals surface area contributed by atoms with Crippen LogP contribution in [0.25, 0.3) is 75.1 Å². The summed E-state index contributed by atoms with van der Waals surface area (Å²) < 4.78 is 2.64. The molecule has 0 saturated carbocycles. The number of nitrogens with zero attached hydrogens (tertiary/aromatic N) is 1. The Kier molecular flexibility index (Phi) is 7.41. The Morgan fingerprint density at radius 1 is 0.308 bits per heavy atom. The van der Waals surface area contributed by atoms with Gasteiger partial charge in [0.05, 0.1) is 11.4 Å². The molecular formula is C50H33NS. The highest BCUT2D eigenvalue weighted by atomic mass is 32.1. The first-order valence-corrected chi connectivity index (χ1v) is 18.6. The first-order valence-electron chi connectivity index (χ1n) is 17.8. The summed E-state index contributed by atoms with van der Waals surface area (Å²) in [6.45, 7) is 0. The Balaban J connectivity index is 1.10. The van der Waals surface area contributed by atoms with E-state index in [2.05, 4.69) is 205 Å². The number of para-hydroxylation sites is 1. The van der Waals surface area contributed by atoms with Gasteiger partial charge in [-0.2, -0.15) is 0 Å². The Hall–Kier alpha value is -6.48. The van der Waals surface area contributed by atoms with E-state index in [9.17, 15) is 0 Å². The first-order chi connectivity index (χ1) is 25.8. The van der Waals surface area contributed by atoms with Gasteiger partial charge in [-0.1, -0.05) is 146 Å². The quantitative estimate of drug-likeness (QED) is 0.169. The van der Waals surface area contributed by atoms with Gasteiger partial charge in [0.25, 0.3) is 0 Å². The van der Waals surface area contributed by atoms with E-state index in [-0.39, 0.29) is 0 Å². The fourth-order valence-corrected chi connectivity index (χ4v) is 8.75. The van der Waals surface area contributed by atoms with Crippen LogP contribution in [0.1, 0.15) is 0 Å². The van der Waals surface area contributed by atoms with E-state index in [0.717, 1.165) is 17.1 Å². The Morgan fingerprint density at radius 3 is 1.79 bits per heavy atom. The summed E-state index contributed by atoms with van der Waals surface area (Å²) in [6.07, 6.45) is 0. The van der Waals surface area contributed by atoms with Gasteiger partial charge in [0, 0.05) is 36.8 Å². The molecule has 9 aromatic carbocycles. The largest absolute Gasteiger partial charge is 0.309 e. The molecule has 0 saturated heterocycles. The molecule has 52 heavy (non-hydrogen) atoms. The molecule has 244 valence electrons. The fourth-order valence-electron chi connectivity index (χ4n) is 7.67. The van der Waals surface area contributed by atoms with Crippen molar-refractivity contribution in [3.05, 3.63) is 200 Å². The molecule has 0 atom stereocenters. The Bertz CT molecular complexity index is 2910. The van der Waals surface area contributed by atoms with E-state index >= 15 is 0 Å². The van der Waals surface area contributed by atoms with Crippen molar-refractivity contribution in [2.24, 2.45) is 0 Å². The summed E-state index contributed by atoms with van der Waals surface area (Å²) in [5.41, 5.74) is 10.6. The molecule has 10 aromatic rings. The van der Waals surface area contributed by atoms with Crippen molar-refractivity contribution in [3.8, 4) is 33.4 Å². The molecule has 10 rings (SSSR count). The minimum absolute atomic E-state index is 1.11. The highest BCUT2D eigenvalue weighted by molar-refractivity contribution is 7.25. The van der Waals surface area contributed by atoms with E-state index in [0.29, 0.717) is 0 Å². The lowest BCUT2D eigenvalue weighted by Crippen LogP contribution is -2.11. The van der Waals surface area contributed by atoms with Crippen LogP contribution in [0.3, 0.4) is 0 Å². The van der Waals surface area contributed by atoms with Crippen LogP contribution in [0.2, 0.25) is 0 Å². The van der Waals surface area contributed by atoms with Crippen molar-refractivity contribution in [2.75, 3.05) is 4.90 Å². The third-order valence-corrected chi connectivity index (χ3v) is 11.4. The highest BCUT2D eigenvalue weighted by Crippen LogP contribution is 2.45. The molecule has 0 fully saturated rings. The molecule has 1 heterocycles. The molecule has 0 unspecified atom stereocenters. The van der Waals surface area contributed by atoms with Gasteiger partial charge in [-0.15, -0.1) is 11.3 Å². The molecule has 0 bridgehead atoms. The third kappa shape index (κ3) is 5.33. The van der Waals surface area contributed by atoms with Crippen LogP contribution in [0.4, 0.5) is 17.1 Å². The van der Waals surface area contributed by atoms with Gasteiger partial charge >= 0.3 is 0 Å². The van der Waals surface area contributed by atoms with E-state index in [1.165, 1.54) is 75.1 Å². The van der Waals surface area contributed by atoms with Crippen molar-refractivity contribution in [2.45, 2.75) is 0 Å². The van der Waals surface area contributed by atoms with Crippen LogP contribution < -0.4 is 4.90 Å². The number of benzene rings is 9. The number of thiophene rings is 1. The average molecular weight is 680 g/mol. The number of fused-ring (bicyclic) bond motifs is 5. The molecular weight excluding hydrogens is 647 g/mol. The second-order valence-corrected chi connectivity index (χ2v) is 14.4. The maximum Gasteiger partial charge on any atom is 0.0540 e. The summed E-state index contributed by atoms with van der Waals surface area (Å²) in [6, 6.07) is 73.0. The molecule has 0 amide bonds. The van der Waals surface area contributed by atoms with Gasteiger partial charge in [-0.3, -0.25) is 0 Å². The van der Waals surface area contributed by atoms with Crippen LogP contribution >= 0.6 is 11.3 Å². The SMILES string of the molecule is c1cc(-c2ccc(N(c3ccccc3-c3ccc4sc5ccccc5c4c3)c3cccc4ccccc34)cc2)cc(-c2ccc3ccccc3c2)c1. The van der Waals surface area contributed by atoms with Gasteiger partial charge in [0.15, 0.2) is 0 Å². The highest BCUT2D eigenvalue weighted by Gasteiger charge is 2.20. The van der Waals surface area contributed by atoms with Gasteiger partial charge in [0.2, 0.25) is 0 Å². The van der Waals surface area contributed by atoms with E-state index in [1.54, 1.807) is 0 Å². The normalized spacial score (nSPS) is 11.5. The molecule has 1 nitrogen and oxygen atoms in total. The van der Waals surface area contributed by atoms with E-state index in [1.807, 2.05) is 11.3 Å². The zero-order valence-corrected chi connectivity index (χ0v) is 29.2. The van der Waals surface area contributed by atoms with Crippen LogP contribution in [0.15, 0.2) is 200 Å². The van der Waals surface area contributed by atoms with Gasteiger partial charge in [-0.25, -0.2) is 0 Å². The van der Waals surface area contributed by atoms with E-state index < -0.39 is 0 Å². The minimum atomic E-state index is 1.11. The summed E-state index contributed by atoms with van der Waals surface area (Å²) >= 11 is 1.86. The fraction of sp³-hybridized carbons (Fsp3) is 0. The molecule has 2 heteroatoms. The van der Waals surface area contributed by atoms with Crippen molar-refractivity contribution in [1.82, 2.24) is 0 Å². The zero-order chi connectivity index (χ0) is 34.4. The lowest BCUT2D eigenvalue weighted by Gasteiger charge is -2.29. The van der Waals surface area contributed by atoms with Gasteiger partial charge < -0.3 is 4.90 Å². The maximum atomic E-state index is 2.43. The number of hydrogen-bond acceptors (Lipinski definition) is 2. The first kappa shape index (κ1) is 30.4. The average Bonchev–Trinajstić information content (AvgIpc) is 3.59. The van der Waals surface area contributed by atoms with Crippen molar-refractivity contribution in [3.63, 3.8) is 0 Å². The molecule has 0 aliphatic rings. The summed E-state index contributed by atoms with van der Waals surface area (Å²) in [7, 11) is 0. The standard InChI is InChI=1S/C50H33NS/c1-2-13-37-32-40(24-23-34(37)11-1)39-16-9-15-38(31-39)35-25-28-42(29-26-35)51(48-21-10-14-36-12-3-4-17-43(36)48)47-20-7-5-18-44(47)41-27-30-50-46(33-41)45-19-6-8-22-49(45)52-50/h1-33H. The van der Waals surface area contributed by atoms with Crippen molar-refractivity contribution < 1.29 is 0 Å². The van der Waals surface area contributed by atoms with Gasteiger partial charge in [-0.05, 0) is 98.6 Å². The predicted molar refractivity (Wildman–Crippen MR) is 225 cm³/mol. The van der Waals surface area contributed by atoms with Crippen LogP contribution in [0, 0.1) is 0 Å². The molecule has 0 N–H and O–H groups in total. The number of anilines is 3. The monoisotopic (exact) mass is 679 g/mol. The Morgan fingerprint density at radius 2 is 0.904 bits per heavy atom. The summed E-state index contributed by atoms with van der Waals surface area (Å²) in [5.74, 6) is 0. The molecule has 0 radical (unpaired) electrons. The topological polar surface area (TPSA) is 3.24 Å². The number of rotatable bonds is 6. The summed E-state index contributed by atoms with van der Waals surface area (Å²) in [4.78, 5) is 2.43. The van der Waals surface area contributed by atoms with Crippen LogP contribution in [-0.4, -0.2) is 0 Å². The summed E-state index contributed by atoms with van der Waals surface area (Å²) in [5, 5.41) is 7.57. The number of hydrogen-bond donors (Lipinski definition) is 0. The smallest absolute Gasteiger partial charge is 0.0540 e. The lowest BCUT2D eigenvalue weighted by atomic mass is 9.96. The second-order valence-electron chi connectivity index (χ2n) is 13.3.